The van der Waals surface area contributed by atoms with Crippen LogP contribution in [0.15, 0.2) is 47.0 Å². The van der Waals surface area contributed by atoms with Crippen molar-refractivity contribution in [3.8, 4) is 40.1 Å². The summed E-state index contributed by atoms with van der Waals surface area (Å²) in [5.41, 5.74) is 0.818. The van der Waals surface area contributed by atoms with E-state index in [-0.39, 0.29) is 23.0 Å². The normalized spacial score (nSPS) is 10.5. The topological polar surface area (TPSA) is 88.6 Å². The van der Waals surface area contributed by atoms with Gasteiger partial charge in [0.25, 0.3) is 5.89 Å². The maximum atomic E-state index is 9.80. The first-order valence-corrected chi connectivity index (χ1v) is 6.18. The molecule has 0 bridgehead atoms. The van der Waals surface area contributed by atoms with Gasteiger partial charge >= 0.3 is 0 Å². The zero-order chi connectivity index (χ0) is 14.8. The van der Waals surface area contributed by atoms with E-state index in [2.05, 4.69) is 10.1 Å². The molecule has 2 N–H and O–H groups in total. The third-order valence-corrected chi connectivity index (χ3v) is 2.99. The highest BCUT2D eigenvalue weighted by atomic mass is 16.5. The summed E-state index contributed by atoms with van der Waals surface area (Å²) >= 11 is 0. The van der Waals surface area contributed by atoms with Crippen LogP contribution in [0.1, 0.15) is 0 Å². The summed E-state index contributed by atoms with van der Waals surface area (Å²) in [5.74, 6) is 0.797. The van der Waals surface area contributed by atoms with Crippen LogP contribution >= 0.6 is 0 Å². The molecule has 0 aliphatic rings. The molecule has 1 aromatic heterocycles. The van der Waals surface area contributed by atoms with Crippen molar-refractivity contribution >= 4 is 0 Å². The smallest absolute Gasteiger partial charge is 0.265 e. The number of hydrogen-bond acceptors (Lipinski definition) is 6. The van der Waals surface area contributed by atoms with E-state index in [4.69, 9.17) is 9.26 Å². The fourth-order valence-electron chi connectivity index (χ4n) is 1.95. The first-order chi connectivity index (χ1) is 10.2. The highest BCUT2D eigenvalue weighted by Crippen LogP contribution is 2.36. The van der Waals surface area contributed by atoms with Gasteiger partial charge in [-0.3, -0.25) is 0 Å². The van der Waals surface area contributed by atoms with Crippen LogP contribution in [0.5, 0.6) is 17.2 Å². The average Bonchev–Trinajstić information content (AvgIpc) is 2.97. The maximum absolute atomic E-state index is 9.80. The van der Waals surface area contributed by atoms with Crippen molar-refractivity contribution < 1.29 is 19.5 Å². The molecule has 0 fully saturated rings. The van der Waals surface area contributed by atoms with E-state index in [0.717, 1.165) is 0 Å². The van der Waals surface area contributed by atoms with Gasteiger partial charge in [0.15, 0.2) is 0 Å². The number of ether oxygens (including phenoxy) is 1. The van der Waals surface area contributed by atoms with Crippen LogP contribution in [0, 0.1) is 0 Å². The Bertz CT molecular complexity index is 763. The second-order valence-corrected chi connectivity index (χ2v) is 4.33. The van der Waals surface area contributed by atoms with Gasteiger partial charge in [-0.15, -0.1) is 0 Å². The molecular weight excluding hydrogens is 272 g/mol. The van der Waals surface area contributed by atoms with Crippen LogP contribution in [0.4, 0.5) is 0 Å². The molecule has 3 rings (SSSR count). The van der Waals surface area contributed by atoms with E-state index in [1.807, 2.05) is 12.1 Å². The van der Waals surface area contributed by atoms with Crippen LogP contribution < -0.4 is 4.74 Å². The Morgan fingerprint density at radius 2 is 1.76 bits per heavy atom. The minimum atomic E-state index is -0.129. The van der Waals surface area contributed by atoms with Crippen molar-refractivity contribution in [1.82, 2.24) is 10.1 Å². The standard InChI is InChI=1S/C15H12N2O4/c1-20-10-5-2-4-9(8-10)14-16-15(21-17-14)13-11(18)6-3-7-12(13)19/h2-8,18-19H,1H3. The van der Waals surface area contributed by atoms with Crippen LogP contribution in [0.2, 0.25) is 0 Å². The largest absolute Gasteiger partial charge is 0.507 e. The molecule has 0 amide bonds. The Kier molecular flexibility index (Phi) is 3.19. The molecule has 2 aromatic carbocycles. The molecule has 0 aliphatic heterocycles. The predicted octanol–water partition coefficient (Wildman–Crippen LogP) is 2.82. The summed E-state index contributed by atoms with van der Waals surface area (Å²) in [4.78, 5) is 4.19. The van der Waals surface area contributed by atoms with Gasteiger partial charge < -0.3 is 19.5 Å². The Morgan fingerprint density at radius 3 is 2.48 bits per heavy atom. The van der Waals surface area contributed by atoms with E-state index in [1.54, 1.807) is 19.2 Å². The number of aromatic hydroxyl groups is 2. The summed E-state index contributed by atoms with van der Waals surface area (Å²) in [6, 6.07) is 11.6. The fraction of sp³-hybridized carbons (Fsp3) is 0.0667. The van der Waals surface area contributed by atoms with Crippen molar-refractivity contribution in [2.45, 2.75) is 0 Å². The summed E-state index contributed by atoms with van der Waals surface area (Å²) in [6.45, 7) is 0. The van der Waals surface area contributed by atoms with Gasteiger partial charge in [-0.25, -0.2) is 0 Å². The predicted molar refractivity (Wildman–Crippen MR) is 75.1 cm³/mol. The summed E-state index contributed by atoms with van der Waals surface area (Å²) in [5, 5.41) is 23.5. The van der Waals surface area contributed by atoms with E-state index >= 15 is 0 Å². The Morgan fingerprint density at radius 1 is 1.05 bits per heavy atom. The Labute approximate surface area is 120 Å². The third-order valence-electron chi connectivity index (χ3n) is 2.99. The highest BCUT2D eigenvalue weighted by Gasteiger charge is 2.17. The van der Waals surface area contributed by atoms with Crippen molar-refractivity contribution in [2.75, 3.05) is 7.11 Å². The molecule has 106 valence electrons. The number of nitrogens with zero attached hydrogens (tertiary/aromatic N) is 2. The minimum Gasteiger partial charge on any atom is -0.507 e. The van der Waals surface area contributed by atoms with E-state index in [0.29, 0.717) is 17.1 Å². The lowest BCUT2D eigenvalue weighted by Crippen LogP contribution is -1.85. The molecule has 0 saturated heterocycles. The third kappa shape index (κ3) is 2.38. The average molecular weight is 284 g/mol. The zero-order valence-electron chi connectivity index (χ0n) is 11.1. The molecule has 3 aromatic rings. The zero-order valence-corrected chi connectivity index (χ0v) is 11.1. The second kappa shape index (κ2) is 5.16. The number of benzene rings is 2. The molecule has 6 nitrogen and oxygen atoms in total. The number of hydrogen-bond donors (Lipinski definition) is 2. The van der Waals surface area contributed by atoms with Crippen molar-refractivity contribution in [1.29, 1.82) is 0 Å². The molecular formula is C15H12N2O4. The van der Waals surface area contributed by atoms with Crippen LogP contribution in [0.3, 0.4) is 0 Å². The van der Waals surface area contributed by atoms with Crippen molar-refractivity contribution in [3.63, 3.8) is 0 Å². The number of aromatic nitrogens is 2. The number of phenolic OH excluding ortho intramolecular Hbond substituents is 2. The number of phenols is 2. The molecule has 1 heterocycles. The van der Waals surface area contributed by atoms with Crippen molar-refractivity contribution in [3.05, 3.63) is 42.5 Å². The quantitative estimate of drug-likeness (QED) is 0.768. The summed E-state index contributed by atoms with van der Waals surface area (Å²) < 4.78 is 10.3. The molecule has 0 aliphatic carbocycles. The van der Waals surface area contributed by atoms with E-state index in [9.17, 15) is 10.2 Å². The monoisotopic (exact) mass is 284 g/mol. The van der Waals surface area contributed by atoms with Gasteiger partial charge in [0, 0.05) is 5.56 Å². The molecule has 0 atom stereocenters. The molecule has 6 heteroatoms. The maximum Gasteiger partial charge on any atom is 0.265 e. The molecule has 21 heavy (non-hydrogen) atoms. The summed E-state index contributed by atoms with van der Waals surface area (Å²) in [6.07, 6.45) is 0. The van der Waals surface area contributed by atoms with Crippen LogP contribution in [-0.2, 0) is 0 Å². The lowest BCUT2D eigenvalue weighted by molar-refractivity contribution is 0.414. The molecule has 0 saturated carbocycles. The fourth-order valence-corrected chi connectivity index (χ4v) is 1.95. The summed E-state index contributed by atoms with van der Waals surface area (Å²) in [7, 11) is 1.57. The number of rotatable bonds is 3. The Hall–Kier alpha value is -3.02. The highest BCUT2D eigenvalue weighted by molar-refractivity contribution is 5.71. The van der Waals surface area contributed by atoms with Crippen LogP contribution in [0.25, 0.3) is 22.8 Å². The number of methoxy groups -OCH3 is 1. The molecule has 0 spiro atoms. The van der Waals surface area contributed by atoms with Crippen LogP contribution in [-0.4, -0.2) is 27.5 Å². The lowest BCUT2D eigenvalue weighted by Gasteiger charge is -2.01. The SMILES string of the molecule is COc1cccc(-c2noc(-c3c(O)cccc3O)n2)c1. The molecule has 0 unspecified atom stereocenters. The Balaban J connectivity index is 2.04. The van der Waals surface area contributed by atoms with E-state index < -0.39 is 0 Å². The van der Waals surface area contributed by atoms with Gasteiger partial charge in [0.05, 0.1) is 7.11 Å². The first kappa shape index (κ1) is 13.0. The first-order valence-electron chi connectivity index (χ1n) is 6.18. The lowest BCUT2D eigenvalue weighted by atomic mass is 10.1. The van der Waals surface area contributed by atoms with Gasteiger partial charge in [-0.2, -0.15) is 4.98 Å². The van der Waals surface area contributed by atoms with Gasteiger partial charge in [0.2, 0.25) is 5.82 Å². The molecule has 0 radical (unpaired) electrons. The van der Waals surface area contributed by atoms with Gasteiger partial charge in [0.1, 0.15) is 22.8 Å². The van der Waals surface area contributed by atoms with Crippen molar-refractivity contribution in [2.24, 2.45) is 0 Å². The van der Waals surface area contributed by atoms with Gasteiger partial charge in [-0.05, 0) is 24.3 Å². The van der Waals surface area contributed by atoms with E-state index in [1.165, 1.54) is 18.2 Å². The minimum absolute atomic E-state index is 0.0448. The second-order valence-electron chi connectivity index (χ2n) is 4.33. The van der Waals surface area contributed by atoms with Gasteiger partial charge in [-0.1, -0.05) is 23.4 Å².